The van der Waals surface area contributed by atoms with Crippen molar-refractivity contribution in [3.8, 4) is 0 Å². The van der Waals surface area contributed by atoms with Gasteiger partial charge < -0.3 is 10.2 Å². The van der Waals surface area contributed by atoms with Crippen molar-refractivity contribution in [3.63, 3.8) is 0 Å². The number of hydrogen-bond acceptors (Lipinski definition) is 5. The highest BCUT2D eigenvalue weighted by Gasteiger charge is 2.42. The normalized spacial score (nSPS) is 22.3. The van der Waals surface area contributed by atoms with Gasteiger partial charge in [-0.25, -0.2) is 22.2 Å². The van der Waals surface area contributed by atoms with Crippen LogP contribution in [0.3, 0.4) is 0 Å². The molecule has 0 radical (unpaired) electrons. The van der Waals surface area contributed by atoms with Crippen LogP contribution in [0.4, 0.5) is 14.6 Å². The molecule has 7 nitrogen and oxygen atoms in total. The number of pyridine rings is 1. The Labute approximate surface area is 189 Å². The second kappa shape index (κ2) is 9.59. The van der Waals surface area contributed by atoms with Gasteiger partial charge in [-0.2, -0.15) is 4.31 Å². The molecule has 1 saturated heterocycles. The molecule has 1 saturated carbocycles. The first-order valence-electron chi connectivity index (χ1n) is 11.4. The van der Waals surface area contributed by atoms with E-state index in [4.69, 9.17) is 0 Å². The molecule has 32 heavy (non-hydrogen) atoms. The molecule has 0 spiro atoms. The maximum absolute atomic E-state index is 13.7. The molecule has 0 unspecified atom stereocenters. The van der Waals surface area contributed by atoms with Crippen molar-refractivity contribution in [2.75, 3.05) is 18.0 Å². The summed E-state index contributed by atoms with van der Waals surface area (Å²) in [5.41, 5.74) is 0.711. The minimum absolute atomic E-state index is 0.0466. The maximum atomic E-state index is 13.7. The van der Waals surface area contributed by atoms with E-state index in [0.29, 0.717) is 30.9 Å². The Hall–Kier alpha value is -1.81. The summed E-state index contributed by atoms with van der Waals surface area (Å²) >= 11 is 0. The van der Waals surface area contributed by atoms with Crippen LogP contribution >= 0.6 is 0 Å². The molecular weight excluding hydrogens is 438 g/mol. The molecular formula is C22H34F2N4O3S. The number of anilines is 1. The van der Waals surface area contributed by atoms with Crippen LogP contribution in [-0.4, -0.2) is 60.8 Å². The quantitative estimate of drug-likeness (QED) is 0.657. The summed E-state index contributed by atoms with van der Waals surface area (Å²) in [4.78, 5) is 19.5. The maximum Gasteiger partial charge on any atom is 0.248 e. The summed E-state index contributed by atoms with van der Waals surface area (Å²) in [5.74, 6) is -2.69. The van der Waals surface area contributed by atoms with Crippen molar-refractivity contribution < 1.29 is 22.0 Å². The fraction of sp³-hybridized carbons (Fsp3) is 0.727. The zero-order chi connectivity index (χ0) is 23.7. The number of aromatic nitrogens is 1. The van der Waals surface area contributed by atoms with E-state index in [2.05, 4.69) is 10.3 Å². The standard InChI is InChI=1S/C22H34F2N4O3S/c1-5-27(15(2)3)20-19(9-8-16(4)25-20)32(30,31)28-14-6-7-18(28)21(29)26-17-10-12-22(23,24)13-11-17/h8-9,15,17-18H,5-7,10-14H2,1-4H3,(H,26,29)/t18-/m0/s1. The highest BCUT2D eigenvalue weighted by molar-refractivity contribution is 7.89. The SMILES string of the molecule is CCN(c1nc(C)ccc1S(=O)(=O)N1CCC[C@H]1C(=O)NC1CCC(F)(F)CC1)C(C)C. The number of carbonyl (C=O) groups is 1. The Bertz CT molecular complexity index is 929. The van der Waals surface area contributed by atoms with Gasteiger partial charge in [0, 0.05) is 43.7 Å². The van der Waals surface area contributed by atoms with Crippen molar-refractivity contribution in [2.45, 2.75) is 95.2 Å². The minimum Gasteiger partial charge on any atom is -0.353 e. The summed E-state index contributed by atoms with van der Waals surface area (Å²) in [6, 6.07) is 2.09. The molecule has 2 aliphatic rings. The molecule has 1 aliphatic heterocycles. The molecule has 0 aromatic carbocycles. The third-order valence-electron chi connectivity index (χ3n) is 6.37. The largest absolute Gasteiger partial charge is 0.353 e. The van der Waals surface area contributed by atoms with Crippen molar-refractivity contribution in [2.24, 2.45) is 0 Å². The smallest absolute Gasteiger partial charge is 0.248 e. The molecule has 2 heterocycles. The Balaban J connectivity index is 1.84. The van der Waals surface area contributed by atoms with Crippen molar-refractivity contribution >= 4 is 21.7 Å². The number of alkyl halides is 2. The van der Waals surface area contributed by atoms with E-state index in [-0.39, 0.29) is 49.2 Å². The van der Waals surface area contributed by atoms with Crippen LogP contribution in [0.5, 0.6) is 0 Å². The lowest BCUT2D eigenvalue weighted by molar-refractivity contribution is -0.126. The molecule has 1 amide bonds. The van der Waals surface area contributed by atoms with Crippen molar-refractivity contribution in [3.05, 3.63) is 17.8 Å². The highest BCUT2D eigenvalue weighted by atomic mass is 32.2. The Morgan fingerprint density at radius 3 is 2.53 bits per heavy atom. The molecule has 10 heteroatoms. The van der Waals surface area contributed by atoms with E-state index in [9.17, 15) is 22.0 Å². The van der Waals surface area contributed by atoms with Gasteiger partial charge in [-0.05, 0) is 65.5 Å². The van der Waals surface area contributed by atoms with Crippen LogP contribution < -0.4 is 10.2 Å². The number of rotatable bonds is 7. The first-order valence-corrected chi connectivity index (χ1v) is 12.8. The number of sulfonamides is 1. The molecule has 1 aliphatic carbocycles. The average Bonchev–Trinajstić information content (AvgIpc) is 3.21. The summed E-state index contributed by atoms with van der Waals surface area (Å²) < 4.78 is 55.5. The van der Waals surface area contributed by atoms with Gasteiger partial charge in [0.1, 0.15) is 16.8 Å². The zero-order valence-corrected chi connectivity index (χ0v) is 20.1. The van der Waals surface area contributed by atoms with E-state index in [0.717, 1.165) is 0 Å². The number of aryl methyl sites for hydroxylation is 1. The van der Waals surface area contributed by atoms with Crippen LogP contribution in [0, 0.1) is 6.92 Å². The molecule has 180 valence electrons. The first kappa shape index (κ1) is 24.8. The Morgan fingerprint density at radius 2 is 1.94 bits per heavy atom. The van der Waals surface area contributed by atoms with Gasteiger partial charge >= 0.3 is 0 Å². The van der Waals surface area contributed by atoms with Gasteiger partial charge in [0.15, 0.2) is 0 Å². The van der Waals surface area contributed by atoms with Crippen LogP contribution in [0.1, 0.15) is 65.0 Å². The molecule has 1 N–H and O–H groups in total. The summed E-state index contributed by atoms with van der Waals surface area (Å²) in [5, 5.41) is 2.82. The van der Waals surface area contributed by atoms with Gasteiger partial charge in [0.2, 0.25) is 21.9 Å². The Morgan fingerprint density at radius 1 is 1.28 bits per heavy atom. The van der Waals surface area contributed by atoms with Gasteiger partial charge in [0.25, 0.3) is 0 Å². The third-order valence-corrected chi connectivity index (χ3v) is 8.30. The second-order valence-corrected chi connectivity index (χ2v) is 10.9. The minimum atomic E-state index is -3.98. The van der Waals surface area contributed by atoms with E-state index in [1.165, 1.54) is 4.31 Å². The predicted molar refractivity (Wildman–Crippen MR) is 119 cm³/mol. The average molecular weight is 473 g/mol. The van der Waals surface area contributed by atoms with Crippen LogP contribution in [0.15, 0.2) is 17.0 Å². The number of halogens is 2. The van der Waals surface area contributed by atoms with E-state index in [1.807, 2.05) is 32.6 Å². The Kier molecular flexibility index (Phi) is 7.44. The number of carbonyl (C=O) groups excluding carboxylic acids is 1. The summed E-state index contributed by atoms with van der Waals surface area (Å²) in [7, 11) is -3.98. The monoisotopic (exact) mass is 472 g/mol. The number of amides is 1. The van der Waals surface area contributed by atoms with Crippen molar-refractivity contribution in [1.82, 2.24) is 14.6 Å². The number of nitrogens with one attached hydrogen (secondary N) is 1. The van der Waals surface area contributed by atoms with Crippen LogP contribution in [0.2, 0.25) is 0 Å². The van der Waals surface area contributed by atoms with Crippen molar-refractivity contribution in [1.29, 1.82) is 0 Å². The van der Waals surface area contributed by atoms with E-state index < -0.39 is 27.9 Å². The lowest BCUT2D eigenvalue weighted by atomic mass is 9.92. The molecule has 0 bridgehead atoms. The molecule has 1 atom stereocenters. The fourth-order valence-corrected chi connectivity index (χ4v) is 6.39. The van der Waals surface area contributed by atoms with E-state index in [1.54, 1.807) is 12.1 Å². The third kappa shape index (κ3) is 5.22. The van der Waals surface area contributed by atoms with Crippen LogP contribution in [0.25, 0.3) is 0 Å². The molecule has 3 rings (SSSR count). The first-order chi connectivity index (χ1) is 15.0. The highest BCUT2D eigenvalue weighted by Crippen LogP contribution is 2.34. The zero-order valence-electron chi connectivity index (χ0n) is 19.3. The molecule has 2 fully saturated rings. The lowest BCUT2D eigenvalue weighted by Gasteiger charge is -2.32. The summed E-state index contributed by atoms with van der Waals surface area (Å²) in [6.07, 6.45) is 0.852. The number of hydrogen-bond donors (Lipinski definition) is 1. The predicted octanol–water partition coefficient (Wildman–Crippen LogP) is 3.47. The van der Waals surface area contributed by atoms with Crippen LogP contribution in [-0.2, 0) is 14.8 Å². The molecule has 1 aromatic heterocycles. The van der Waals surface area contributed by atoms with E-state index >= 15 is 0 Å². The molecule has 1 aromatic rings. The van der Waals surface area contributed by atoms with Gasteiger partial charge in [-0.1, -0.05) is 0 Å². The van der Waals surface area contributed by atoms with Gasteiger partial charge in [0.05, 0.1) is 0 Å². The van der Waals surface area contributed by atoms with Gasteiger partial charge in [-0.15, -0.1) is 0 Å². The lowest BCUT2D eigenvalue weighted by Crippen LogP contribution is -2.50. The topological polar surface area (TPSA) is 82.6 Å². The fourth-order valence-electron chi connectivity index (χ4n) is 4.59. The van der Waals surface area contributed by atoms with Gasteiger partial charge in [-0.3, -0.25) is 4.79 Å². The summed E-state index contributed by atoms with van der Waals surface area (Å²) in [6.45, 7) is 8.54. The number of nitrogens with zero attached hydrogens (tertiary/aromatic N) is 3. The second-order valence-electron chi connectivity index (χ2n) is 9.07.